The minimum Gasteiger partial charge on any atom is -0.298 e. The molecule has 0 saturated carbocycles. The van der Waals surface area contributed by atoms with E-state index in [1.165, 1.54) is 0 Å². The smallest absolute Gasteiger partial charge is 0.151 e. The summed E-state index contributed by atoms with van der Waals surface area (Å²) in [5, 5.41) is 0. The van der Waals surface area contributed by atoms with Gasteiger partial charge in [-0.05, 0) is 32.4 Å². The molecule has 0 radical (unpaired) electrons. The number of Topliss-reactive ketones (excluding diaryl/α,β-unsaturated/α-hetero) is 1. The predicted octanol–water partition coefficient (Wildman–Crippen LogP) is 2.92. The SMILES string of the molecule is CCCN(CC(=O)Cc1ccccc1)C(C)C. The predicted molar refractivity (Wildman–Crippen MR) is 72.2 cm³/mol. The van der Waals surface area contributed by atoms with Crippen LogP contribution in [-0.2, 0) is 11.2 Å². The lowest BCUT2D eigenvalue weighted by Crippen LogP contribution is -2.36. The van der Waals surface area contributed by atoms with Crippen LogP contribution in [0, 0.1) is 0 Å². The van der Waals surface area contributed by atoms with Crippen molar-refractivity contribution in [1.29, 1.82) is 0 Å². The van der Waals surface area contributed by atoms with Crippen LogP contribution in [0.5, 0.6) is 0 Å². The second-order valence-corrected chi connectivity index (χ2v) is 4.77. The summed E-state index contributed by atoms with van der Waals surface area (Å²) in [6, 6.07) is 10.4. The fourth-order valence-electron chi connectivity index (χ4n) is 1.91. The van der Waals surface area contributed by atoms with Crippen LogP contribution in [0.15, 0.2) is 30.3 Å². The number of nitrogens with zero attached hydrogens (tertiary/aromatic N) is 1. The maximum Gasteiger partial charge on any atom is 0.151 e. The van der Waals surface area contributed by atoms with Gasteiger partial charge in [0.15, 0.2) is 5.78 Å². The average Bonchev–Trinajstić information content (AvgIpc) is 2.29. The summed E-state index contributed by atoms with van der Waals surface area (Å²) in [7, 11) is 0. The molecule has 0 atom stereocenters. The van der Waals surface area contributed by atoms with Crippen LogP contribution in [0.1, 0.15) is 32.8 Å². The number of hydrogen-bond acceptors (Lipinski definition) is 2. The number of carbonyl (C=O) groups is 1. The lowest BCUT2D eigenvalue weighted by molar-refractivity contribution is -0.120. The highest BCUT2D eigenvalue weighted by atomic mass is 16.1. The van der Waals surface area contributed by atoms with Crippen molar-refractivity contribution in [1.82, 2.24) is 4.90 Å². The van der Waals surface area contributed by atoms with E-state index < -0.39 is 0 Å². The van der Waals surface area contributed by atoms with Crippen LogP contribution >= 0.6 is 0 Å². The lowest BCUT2D eigenvalue weighted by atomic mass is 10.1. The Balaban J connectivity index is 2.48. The van der Waals surface area contributed by atoms with Gasteiger partial charge in [-0.15, -0.1) is 0 Å². The van der Waals surface area contributed by atoms with E-state index in [9.17, 15) is 4.79 Å². The van der Waals surface area contributed by atoms with Gasteiger partial charge in [0.25, 0.3) is 0 Å². The van der Waals surface area contributed by atoms with E-state index in [0.29, 0.717) is 24.8 Å². The summed E-state index contributed by atoms with van der Waals surface area (Å²) in [6.45, 7) is 8.01. The molecule has 0 N–H and O–H groups in total. The molecular weight excluding hydrogens is 210 g/mol. The van der Waals surface area contributed by atoms with E-state index in [1.54, 1.807) is 0 Å². The van der Waals surface area contributed by atoms with Crippen LogP contribution in [0.3, 0.4) is 0 Å². The molecule has 0 unspecified atom stereocenters. The molecule has 2 heteroatoms. The number of ketones is 1. The average molecular weight is 233 g/mol. The number of hydrogen-bond donors (Lipinski definition) is 0. The van der Waals surface area contributed by atoms with E-state index in [1.807, 2.05) is 30.3 Å². The van der Waals surface area contributed by atoms with Gasteiger partial charge >= 0.3 is 0 Å². The summed E-state index contributed by atoms with van der Waals surface area (Å²) in [5.41, 5.74) is 1.11. The minimum absolute atomic E-state index is 0.304. The van der Waals surface area contributed by atoms with Gasteiger partial charge in [-0.2, -0.15) is 0 Å². The van der Waals surface area contributed by atoms with Crippen molar-refractivity contribution in [2.75, 3.05) is 13.1 Å². The lowest BCUT2D eigenvalue weighted by Gasteiger charge is -2.25. The second kappa shape index (κ2) is 7.23. The first-order valence-corrected chi connectivity index (χ1v) is 6.43. The van der Waals surface area contributed by atoms with E-state index in [0.717, 1.165) is 18.5 Å². The Morgan fingerprint density at radius 1 is 1.24 bits per heavy atom. The Kier molecular flexibility index (Phi) is 5.92. The first kappa shape index (κ1) is 13.9. The Labute approximate surface area is 105 Å². The zero-order chi connectivity index (χ0) is 12.7. The van der Waals surface area contributed by atoms with Crippen molar-refractivity contribution in [2.45, 2.75) is 39.7 Å². The van der Waals surface area contributed by atoms with E-state index in [-0.39, 0.29) is 0 Å². The number of benzene rings is 1. The Morgan fingerprint density at radius 3 is 2.41 bits per heavy atom. The molecule has 0 bridgehead atoms. The van der Waals surface area contributed by atoms with Crippen molar-refractivity contribution in [2.24, 2.45) is 0 Å². The molecule has 0 aliphatic carbocycles. The zero-order valence-electron chi connectivity index (χ0n) is 11.1. The van der Waals surface area contributed by atoms with Gasteiger partial charge < -0.3 is 0 Å². The minimum atomic E-state index is 0.304. The molecule has 0 aliphatic rings. The summed E-state index contributed by atoms with van der Waals surface area (Å²) < 4.78 is 0. The Bertz CT molecular complexity index is 332. The van der Waals surface area contributed by atoms with Crippen molar-refractivity contribution < 1.29 is 4.79 Å². The third kappa shape index (κ3) is 5.14. The molecule has 2 nitrogen and oxygen atoms in total. The van der Waals surface area contributed by atoms with Gasteiger partial charge in [0.2, 0.25) is 0 Å². The van der Waals surface area contributed by atoms with Crippen LogP contribution in [0.25, 0.3) is 0 Å². The molecule has 0 aromatic heterocycles. The number of carbonyl (C=O) groups excluding carboxylic acids is 1. The van der Waals surface area contributed by atoms with E-state index in [2.05, 4.69) is 25.7 Å². The van der Waals surface area contributed by atoms with Gasteiger partial charge in [0.1, 0.15) is 0 Å². The second-order valence-electron chi connectivity index (χ2n) is 4.77. The van der Waals surface area contributed by atoms with Crippen molar-refractivity contribution in [3.8, 4) is 0 Å². The molecule has 1 aromatic carbocycles. The van der Waals surface area contributed by atoms with Crippen LogP contribution in [-0.4, -0.2) is 29.8 Å². The van der Waals surface area contributed by atoms with E-state index in [4.69, 9.17) is 0 Å². The molecule has 0 aliphatic heterocycles. The highest BCUT2D eigenvalue weighted by Gasteiger charge is 2.13. The molecule has 0 amide bonds. The molecule has 0 heterocycles. The zero-order valence-corrected chi connectivity index (χ0v) is 11.1. The molecule has 17 heavy (non-hydrogen) atoms. The molecule has 0 saturated heterocycles. The Morgan fingerprint density at radius 2 is 1.88 bits per heavy atom. The highest BCUT2D eigenvalue weighted by molar-refractivity contribution is 5.82. The fraction of sp³-hybridized carbons (Fsp3) is 0.533. The van der Waals surface area contributed by atoms with Crippen molar-refractivity contribution >= 4 is 5.78 Å². The molecule has 0 spiro atoms. The third-order valence-corrected chi connectivity index (χ3v) is 2.86. The van der Waals surface area contributed by atoms with Gasteiger partial charge in [0.05, 0.1) is 6.54 Å². The van der Waals surface area contributed by atoms with Gasteiger partial charge in [-0.1, -0.05) is 37.3 Å². The van der Waals surface area contributed by atoms with E-state index >= 15 is 0 Å². The van der Waals surface area contributed by atoms with Crippen molar-refractivity contribution in [3.63, 3.8) is 0 Å². The monoisotopic (exact) mass is 233 g/mol. The maximum atomic E-state index is 12.0. The molecule has 1 rings (SSSR count). The summed E-state index contributed by atoms with van der Waals surface area (Å²) >= 11 is 0. The number of rotatable bonds is 7. The van der Waals surface area contributed by atoms with Crippen LogP contribution < -0.4 is 0 Å². The van der Waals surface area contributed by atoms with Crippen molar-refractivity contribution in [3.05, 3.63) is 35.9 Å². The molecule has 1 aromatic rings. The normalized spacial score (nSPS) is 11.1. The first-order chi connectivity index (χ1) is 8.13. The topological polar surface area (TPSA) is 20.3 Å². The summed E-state index contributed by atoms with van der Waals surface area (Å²) in [6.07, 6.45) is 1.64. The fourth-order valence-corrected chi connectivity index (χ4v) is 1.91. The molecular formula is C15H23NO. The standard InChI is InChI=1S/C15H23NO/c1-4-10-16(13(2)3)12-15(17)11-14-8-6-5-7-9-14/h5-9,13H,4,10-12H2,1-3H3. The summed E-state index contributed by atoms with van der Waals surface area (Å²) in [4.78, 5) is 14.2. The first-order valence-electron chi connectivity index (χ1n) is 6.43. The summed E-state index contributed by atoms with van der Waals surface area (Å²) in [5.74, 6) is 0.304. The molecule has 94 valence electrons. The maximum absolute atomic E-state index is 12.0. The molecule has 0 fully saturated rings. The Hall–Kier alpha value is -1.15. The van der Waals surface area contributed by atoms with Crippen LogP contribution in [0.4, 0.5) is 0 Å². The largest absolute Gasteiger partial charge is 0.298 e. The highest BCUT2D eigenvalue weighted by Crippen LogP contribution is 2.04. The van der Waals surface area contributed by atoms with Gasteiger partial charge in [0, 0.05) is 12.5 Å². The third-order valence-electron chi connectivity index (χ3n) is 2.86. The quantitative estimate of drug-likeness (QED) is 0.721. The van der Waals surface area contributed by atoms with Gasteiger partial charge in [-0.3, -0.25) is 9.69 Å². The van der Waals surface area contributed by atoms with Crippen LogP contribution in [0.2, 0.25) is 0 Å². The van der Waals surface area contributed by atoms with Gasteiger partial charge in [-0.25, -0.2) is 0 Å².